The summed E-state index contributed by atoms with van der Waals surface area (Å²) in [4.78, 5) is 11.4. The number of ether oxygens (including phenoxy) is 2. The largest absolute Gasteiger partial charge is 0.490 e. The Morgan fingerprint density at radius 1 is 1.47 bits per heavy atom. The number of anilines is 1. The fourth-order valence-electron chi connectivity index (χ4n) is 1.91. The second-order valence-electron chi connectivity index (χ2n) is 4.21. The topological polar surface area (TPSA) is 50.9 Å². The molecule has 1 saturated heterocycles. The number of halogens is 1. The third kappa shape index (κ3) is 2.30. The minimum absolute atomic E-state index is 0.0564. The van der Waals surface area contributed by atoms with Crippen molar-refractivity contribution in [3.8, 4) is 5.75 Å². The molecule has 4 nitrogen and oxygen atoms in total. The fraction of sp³-hybridized carbons (Fsp3) is 0.417. The Balaban J connectivity index is 1.87. The number of rotatable bonds is 3. The number of hydrogen-bond donors (Lipinski definition) is 1. The second-order valence-corrected chi connectivity index (χ2v) is 5.07. The Labute approximate surface area is 107 Å². The molecule has 1 aromatic rings. The first-order valence-corrected chi connectivity index (χ1v) is 6.39. The van der Waals surface area contributed by atoms with Crippen molar-refractivity contribution < 1.29 is 14.3 Å². The number of benzene rings is 1. The van der Waals surface area contributed by atoms with Crippen LogP contribution in [0, 0.1) is 0 Å². The van der Waals surface area contributed by atoms with Crippen LogP contribution in [0.15, 0.2) is 16.6 Å². The number of carbonyl (C=O) groups is 1. The lowest BCUT2D eigenvalue weighted by Crippen LogP contribution is -2.20. The Morgan fingerprint density at radius 3 is 3.06 bits per heavy atom. The van der Waals surface area contributed by atoms with Gasteiger partial charge < -0.3 is 14.8 Å². The number of fused-ring (bicyclic) bond motifs is 1. The van der Waals surface area contributed by atoms with Gasteiger partial charge in [-0.05, 0) is 34.5 Å². The molecule has 0 spiro atoms. The lowest BCUT2D eigenvalue weighted by Gasteiger charge is -2.21. The molecule has 5 heteroatoms. The molecular formula is C12H12BrNO3. The van der Waals surface area contributed by atoms with Gasteiger partial charge in [-0.3, -0.25) is 4.79 Å². The maximum atomic E-state index is 11.4. The molecule has 17 heavy (non-hydrogen) atoms. The van der Waals surface area contributed by atoms with Crippen LogP contribution in [-0.4, -0.2) is 25.2 Å². The van der Waals surface area contributed by atoms with Gasteiger partial charge in [-0.25, -0.2) is 0 Å². The van der Waals surface area contributed by atoms with E-state index in [9.17, 15) is 4.79 Å². The van der Waals surface area contributed by atoms with Crippen molar-refractivity contribution in [2.75, 3.05) is 18.5 Å². The van der Waals surface area contributed by atoms with Gasteiger partial charge in [-0.2, -0.15) is 0 Å². The van der Waals surface area contributed by atoms with Gasteiger partial charge in [-0.15, -0.1) is 0 Å². The van der Waals surface area contributed by atoms with Gasteiger partial charge in [0.05, 0.1) is 12.3 Å². The fourth-order valence-corrected chi connectivity index (χ4v) is 2.38. The predicted molar refractivity (Wildman–Crippen MR) is 66.3 cm³/mol. The van der Waals surface area contributed by atoms with E-state index < -0.39 is 0 Å². The zero-order valence-corrected chi connectivity index (χ0v) is 10.7. The molecule has 2 heterocycles. The van der Waals surface area contributed by atoms with Crippen molar-refractivity contribution in [2.24, 2.45) is 0 Å². The number of epoxide rings is 1. The van der Waals surface area contributed by atoms with E-state index in [1.807, 2.05) is 12.1 Å². The molecule has 0 saturated carbocycles. The summed E-state index contributed by atoms with van der Waals surface area (Å²) in [6, 6.07) is 3.83. The van der Waals surface area contributed by atoms with Gasteiger partial charge in [0.15, 0.2) is 0 Å². The van der Waals surface area contributed by atoms with E-state index in [4.69, 9.17) is 9.47 Å². The second kappa shape index (κ2) is 4.31. The summed E-state index contributed by atoms with van der Waals surface area (Å²) in [6.07, 6.45) is 1.48. The molecule has 0 bridgehead atoms. The Hall–Kier alpha value is -1.07. The van der Waals surface area contributed by atoms with Gasteiger partial charge in [0.2, 0.25) is 5.91 Å². The van der Waals surface area contributed by atoms with Crippen LogP contribution in [0.3, 0.4) is 0 Å². The first-order valence-electron chi connectivity index (χ1n) is 5.59. The average molecular weight is 298 g/mol. The molecule has 1 aromatic carbocycles. The van der Waals surface area contributed by atoms with Crippen molar-refractivity contribution in [2.45, 2.75) is 18.9 Å². The Morgan fingerprint density at radius 2 is 2.29 bits per heavy atom. The molecule has 0 radical (unpaired) electrons. The van der Waals surface area contributed by atoms with Crippen LogP contribution < -0.4 is 10.1 Å². The van der Waals surface area contributed by atoms with Crippen LogP contribution in [0.25, 0.3) is 0 Å². The highest BCUT2D eigenvalue weighted by atomic mass is 79.9. The van der Waals surface area contributed by atoms with Crippen LogP contribution in [0.4, 0.5) is 5.69 Å². The number of carbonyl (C=O) groups excluding carboxylic acids is 1. The molecular weight excluding hydrogens is 286 g/mol. The average Bonchev–Trinajstić information content (AvgIpc) is 3.13. The highest BCUT2D eigenvalue weighted by Gasteiger charge is 2.25. The maximum absolute atomic E-state index is 11.4. The molecule has 2 aliphatic heterocycles. The zero-order valence-electron chi connectivity index (χ0n) is 9.16. The maximum Gasteiger partial charge on any atom is 0.224 e. The SMILES string of the molecule is O=C1CCc2c(OCC3CO3)ccc(Br)c2N1. The smallest absolute Gasteiger partial charge is 0.224 e. The molecule has 1 fully saturated rings. The molecule has 1 amide bonds. The van der Waals surface area contributed by atoms with E-state index in [2.05, 4.69) is 21.2 Å². The lowest BCUT2D eigenvalue weighted by atomic mass is 10.0. The van der Waals surface area contributed by atoms with E-state index in [0.29, 0.717) is 13.0 Å². The van der Waals surface area contributed by atoms with Crippen molar-refractivity contribution in [3.05, 3.63) is 22.2 Å². The molecule has 2 aliphatic rings. The highest BCUT2D eigenvalue weighted by Crippen LogP contribution is 2.37. The van der Waals surface area contributed by atoms with Crippen LogP contribution in [-0.2, 0) is 16.0 Å². The highest BCUT2D eigenvalue weighted by molar-refractivity contribution is 9.10. The van der Waals surface area contributed by atoms with Crippen LogP contribution in [0.1, 0.15) is 12.0 Å². The lowest BCUT2D eigenvalue weighted by molar-refractivity contribution is -0.116. The minimum Gasteiger partial charge on any atom is -0.490 e. The quantitative estimate of drug-likeness (QED) is 0.870. The summed E-state index contributed by atoms with van der Waals surface area (Å²) in [5.41, 5.74) is 1.91. The van der Waals surface area contributed by atoms with Crippen molar-refractivity contribution >= 4 is 27.5 Å². The summed E-state index contributed by atoms with van der Waals surface area (Å²) in [5, 5.41) is 2.87. The van der Waals surface area contributed by atoms with Gasteiger partial charge in [0.1, 0.15) is 18.5 Å². The predicted octanol–water partition coefficient (Wildman–Crippen LogP) is 2.11. The number of nitrogens with one attached hydrogen (secondary N) is 1. The number of hydrogen-bond acceptors (Lipinski definition) is 3. The normalized spacial score (nSPS) is 21.7. The van der Waals surface area contributed by atoms with Crippen molar-refractivity contribution in [1.29, 1.82) is 0 Å². The summed E-state index contributed by atoms with van der Waals surface area (Å²) in [7, 11) is 0. The first-order chi connectivity index (χ1) is 8.24. The number of amides is 1. The van der Waals surface area contributed by atoms with Gasteiger partial charge in [-0.1, -0.05) is 0 Å². The zero-order chi connectivity index (χ0) is 11.8. The van der Waals surface area contributed by atoms with Gasteiger partial charge in [0, 0.05) is 16.5 Å². The van der Waals surface area contributed by atoms with Crippen molar-refractivity contribution in [3.63, 3.8) is 0 Å². The van der Waals surface area contributed by atoms with Crippen LogP contribution in [0.2, 0.25) is 0 Å². The summed E-state index contributed by atoms with van der Waals surface area (Å²) in [5.74, 6) is 0.902. The van der Waals surface area contributed by atoms with Gasteiger partial charge >= 0.3 is 0 Å². The molecule has 3 rings (SSSR count). The third-order valence-electron chi connectivity index (χ3n) is 2.91. The van der Waals surface area contributed by atoms with Crippen molar-refractivity contribution in [1.82, 2.24) is 0 Å². The van der Waals surface area contributed by atoms with E-state index >= 15 is 0 Å². The van der Waals surface area contributed by atoms with E-state index in [1.54, 1.807) is 0 Å². The summed E-state index contributed by atoms with van der Waals surface area (Å²) >= 11 is 3.44. The van der Waals surface area contributed by atoms with Crippen LogP contribution >= 0.6 is 15.9 Å². The Kier molecular flexibility index (Phi) is 2.80. The first kappa shape index (κ1) is 11.0. The molecule has 0 aliphatic carbocycles. The van der Waals surface area contributed by atoms with E-state index in [1.165, 1.54) is 0 Å². The molecule has 90 valence electrons. The summed E-state index contributed by atoms with van der Waals surface area (Å²) in [6.45, 7) is 1.37. The molecule has 1 atom stereocenters. The molecule has 1 unspecified atom stereocenters. The standard InChI is InChI=1S/C12H12BrNO3/c13-9-2-3-10(17-6-7-5-16-7)8-1-4-11(15)14-12(8)9/h2-3,7H,1,4-6H2,(H,14,15). The van der Waals surface area contributed by atoms with E-state index in [-0.39, 0.29) is 12.0 Å². The Bertz CT molecular complexity index is 471. The molecule has 1 N–H and O–H groups in total. The monoisotopic (exact) mass is 297 g/mol. The minimum atomic E-state index is 0.0564. The van der Waals surface area contributed by atoms with E-state index in [0.717, 1.165) is 34.5 Å². The van der Waals surface area contributed by atoms with Gasteiger partial charge in [0.25, 0.3) is 0 Å². The van der Waals surface area contributed by atoms with Crippen LogP contribution in [0.5, 0.6) is 5.75 Å². The molecule has 0 aromatic heterocycles. The summed E-state index contributed by atoms with van der Waals surface area (Å²) < 4.78 is 11.7. The third-order valence-corrected chi connectivity index (χ3v) is 3.57.